The average Bonchev–Trinajstić information content (AvgIpc) is 2.77. The molecule has 1 amide bonds. The van der Waals surface area contributed by atoms with Gasteiger partial charge in [0.05, 0.1) is 24.7 Å². The van der Waals surface area contributed by atoms with Crippen LogP contribution < -0.4 is 16.4 Å². The summed E-state index contributed by atoms with van der Waals surface area (Å²) in [6.45, 7) is 6.41. The van der Waals surface area contributed by atoms with Crippen molar-refractivity contribution in [3.8, 4) is 6.07 Å². The lowest BCUT2D eigenvalue weighted by Crippen LogP contribution is -2.47. The molecule has 0 fully saturated rings. The van der Waals surface area contributed by atoms with Crippen molar-refractivity contribution in [2.75, 3.05) is 11.9 Å². The van der Waals surface area contributed by atoms with Crippen LogP contribution in [-0.4, -0.2) is 29.6 Å². The van der Waals surface area contributed by atoms with Crippen molar-refractivity contribution in [2.24, 2.45) is 5.41 Å². The summed E-state index contributed by atoms with van der Waals surface area (Å²) in [7, 11) is 0. The van der Waals surface area contributed by atoms with Gasteiger partial charge in [-0.2, -0.15) is 10.2 Å². The minimum Gasteiger partial charge on any atom is -0.408 e. The van der Waals surface area contributed by atoms with E-state index in [0.29, 0.717) is 24.0 Å². The summed E-state index contributed by atoms with van der Waals surface area (Å²) in [6.07, 6.45) is 0.443. The van der Waals surface area contributed by atoms with Gasteiger partial charge < -0.3 is 19.8 Å². The number of hydrogen-bond acceptors (Lipinski definition) is 7. The van der Waals surface area contributed by atoms with E-state index in [0.717, 1.165) is 5.56 Å². The molecule has 3 rings (SSSR count). The zero-order valence-corrected chi connectivity index (χ0v) is 19.0. The van der Waals surface area contributed by atoms with Gasteiger partial charge in [0.2, 0.25) is 5.91 Å². The fourth-order valence-electron chi connectivity index (χ4n) is 3.37. The first kappa shape index (κ1) is 24.0. The van der Waals surface area contributed by atoms with Gasteiger partial charge in [-0.25, -0.2) is 4.79 Å². The number of carbonyl (C=O) groups excluding carboxylic acids is 1. The Labute approximate surface area is 192 Å². The van der Waals surface area contributed by atoms with E-state index in [4.69, 9.17) is 9.15 Å². The molecule has 0 saturated heterocycles. The van der Waals surface area contributed by atoms with Crippen LogP contribution in [0.1, 0.15) is 32.8 Å². The topological polar surface area (TPSA) is 117 Å². The van der Waals surface area contributed by atoms with E-state index in [-0.39, 0.29) is 23.7 Å². The first-order valence-corrected chi connectivity index (χ1v) is 10.7. The lowest BCUT2D eigenvalue weighted by Gasteiger charge is -2.27. The van der Waals surface area contributed by atoms with Gasteiger partial charge >= 0.3 is 5.76 Å². The second-order valence-electron chi connectivity index (χ2n) is 8.98. The molecule has 0 aliphatic carbocycles. The Morgan fingerprint density at radius 3 is 2.55 bits per heavy atom. The van der Waals surface area contributed by atoms with Crippen molar-refractivity contribution in [1.29, 1.82) is 5.26 Å². The number of nitrogens with zero attached hydrogens (tertiary/aromatic N) is 2. The number of nitrogens with one attached hydrogen (secondary N) is 2. The van der Waals surface area contributed by atoms with Gasteiger partial charge in [-0.15, -0.1) is 0 Å². The highest BCUT2D eigenvalue weighted by atomic mass is 16.5. The largest absolute Gasteiger partial charge is 0.441 e. The second kappa shape index (κ2) is 10.7. The van der Waals surface area contributed by atoms with Crippen molar-refractivity contribution in [1.82, 2.24) is 10.3 Å². The van der Waals surface area contributed by atoms with E-state index in [1.165, 1.54) is 0 Å². The molecule has 8 nitrogen and oxygen atoms in total. The third-order valence-corrected chi connectivity index (χ3v) is 4.85. The van der Waals surface area contributed by atoms with Crippen LogP contribution in [0.2, 0.25) is 0 Å². The van der Waals surface area contributed by atoms with Crippen molar-refractivity contribution < 1.29 is 13.9 Å². The summed E-state index contributed by atoms with van der Waals surface area (Å²) in [5.41, 5.74) is 1.14. The Morgan fingerprint density at radius 1 is 1.15 bits per heavy atom. The summed E-state index contributed by atoms with van der Waals surface area (Å²) in [6, 6.07) is 17.1. The van der Waals surface area contributed by atoms with Crippen LogP contribution in [0.25, 0.3) is 11.0 Å². The van der Waals surface area contributed by atoms with Gasteiger partial charge in [0.1, 0.15) is 23.5 Å². The average molecular weight is 449 g/mol. The lowest BCUT2D eigenvalue weighted by molar-refractivity contribution is -0.123. The van der Waals surface area contributed by atoms with Crippen LogP contribution in [0.15, 0.2) is 63.8 Å². The Kier molecular flexibility index (Phi) is 7.80. The fourth-order valence-corrected chi connectivity index (χ4v) is 3.37. The highest BCUT2D eigenvalue weighted by Gasteiger charge is 2.28. The summed E-state index contributed by atoms with van der Waals surface area (Å²) < 4.78 is 10.8. The third-order valence-electron chi connectivity index (χ3n) is 4.85. The Balaban J connectivity index is 1.73. The molecule has 0 spiro atoms. The van der Waals surface area contributed by atoms with Gasteiger partial charge in [0.25, 0.3) is 0 Å². The highest BCUT2D eigenvalue weighted by molar-refractivity contribution is 5.91. The van der Waals surface area contributed by atoms with Crippen molar-refractivity contribution in [3.05, 3.63) is 70.7 Å². The molecule has 33 heavy (non-hydrogen) atoms. The second-order valence-corrected chi connectivity index (χ2v) is 8.98. The molecule has 0 aliphatic heterocycles. The van der Waals surface area contributed by atoms with Crippen LogP contribution in [0.4, 0.5) is 5.82 Å². The molecule has 0 radical (unpaired) electrons. The molecule has 1 aromatic heterocycles. The zero-order valence-electron chi connectivity index (χ0n) is 19.0. The maximum absolute atomic E-state index is 13.1. The number of nitriles is 1. The molecule has 3 aromatic rings. The van der Waals surface area contributed by atoms with Crippen LogP contribution in [0.5, 0.6) is 0 Å². The molecule has 2 unspecified atom stereocenters. The molecular weight excluding hydrogens is 420 g/mol. The Morgan fingerprint density at radius 2 is 1.85 bits per heavy atom. The normalized spacial score (nSPS) is 13.2. The molecule has 172 valence electrons. The highest BCUT2D eigenvalue weighted by Crippen LogP contribution is 2.25. The molecule has 0 bridgehead atoms. The van der Waals surface area contributed by atoms with E-state index >= 15 is 0 Å². The van der Waals surface area contributed by atoms with E-state index in [9.17, 15) is 14.9 Å². The summed E-state index contributed by atoms with van der Waals surface area (Å²) in [4.78, 5) is 29.0. The number of para-hydroxylation sites is 1. The van der Waals surface area contributed by atoms with E-state index < -0.39 is 17.8 Å². The lowest BCUT2D eigenvalue weighted by atomic mass is 9.87. The molecule has 0 aliphatic rings. The quantitative estimate of drug-likeness (QED) is 0.513. The van der Waals surface area contributed by atoms with E-state index in [1.807, 2.05) is 51.1 Å². The number of fused-ring (bicyclic) bond motifs is 1. The minimum atomic E-state index is -0.823. The maximum Gasteiger partial charge on any atom is 0.441 e. The van der Waals surface area contributed by atoms with Gasteiger partial charge in [-0.1, -0.05) is 63.2 Å². The van der Waals surface area contributed by atoms with Crippen LogP contribution in [-0.2, 0) is 16.1 Å². The van der Waals surface area contributed by atoms with Gasteiger partial charge in [-0.05, 0) is 29.5 Å². The van der Waals surface area contributed by atoms with Gasteiger partial charge in [-0.3, -0.25) is 4.79 Å². The number of hydrogen-bond donors (Lipinski definition) is 2. The molecule has 1 heterocycles. The molecule has 2 atom stereocenters. The SMILES string of the molecule is CC(C)(C)CC(Nc1nc(=O)oc2ccccc12)C(=O)NC(C#N)COCc1ccccc1. The van der Waals surface area contributed by atoms with E-state index in [2.05, 4.69) is 21.7 Å². The number of benzene rings is 2. The standard InChI is InChI=1S/C25H28N4O4/c1-25(2,3)13-20(28-22-19-11-7-8-12-21(19)33-24(31)29-22)23(30)27-18(14-26)16-32-15-17-9-5-4-6-10-17/h4-12,18,20H,13,15-16H2,1-3H3,(H,27,30)(H,28,29,31). The predicted octanol–water partition coefficient (Wildman–Crippen LogP) is 3.63. The minimum absolute atomic E-state index is 0.0511. The van der Waals surface area contributed by atoms with E-state index in [1.54, 1.807) is 24.3 Å². The van der Waals surface area contributed by atoms with Crippen molar-refractivity contribution >= 4 is 22.7 Å². The van der Waals surface area contributed by atoms with Crippen molar-refractivity contribution in [3.63, 3.8) is 0 Å². The summed E-state index contributed by atoms with van der Waals surface area (Å²) in [5.74, 6) is -0.866. The van der Waals surface area contributed by atoms with Gasteiger partial charge in [0, 0.05) is 0 Å². The van der Waals surface area contributed by atoms with Crippen molar-refractivity contribution in [2.45, 2.75) is 45.9 Å². The number of ether oxygens (including phenoxy) is 1. The molecular formula is C25H28N4O4. The smallest absolute Gasteiger partial charge is 0.408 e. The monoisotopic (exact) mass is 448 g/mol. The number of rotatable bonds is 9. The number of aromatic nitrogens is 1. The molecule has 2 N–H and O–H groups in total. The van der Waals surface area contributed by atoms with Crippen LogP contribution >= 0.6 is 0 Å². The summed E-state index contributed by atoms with van der Waals surface area (Å²) in [5, 5.41) is 16.0. The maximum atomic E-state index is 13.1. The fraction of sp³-hybridized carbons (Fsp3) is 0.360. The Bertz CT molecular complexity index is 1180. The first-order chi connectivity index (χ1) is 15.7. The third kappa shape index (κ3) is 7.16. The Hall–Kier alpha value is -3.70. The summed E-state index contributed by atoms with van der Waals surface area (Å²) >= 11 is 0. The number of carbonyl (C=O) groups is 1. The first-order valence-electron chi connectivity index (χ1n) is 10.7. The number of amides is 1. The van der Waals surface area contributed by atoms with Gasteiger partial charge in [0.15, 0.2) is 0 Å². The van der Waals surface area contributed by atoms with Crippen LogP contribution in [0.3, 0.4) is 0 Å². The zero-order chi connectivity index (χ0) is 23.8. The molecule has 2 aromatic carbocycles. The predicted molar refractivity (Wildman–Crippen MR) is 125 cm³/mol. The van der Waals surface area contributed by atoms with Crippen LogP contribution in [0, 0.1) is 16.7 Å². The molecule has 8 heteroatoms. The molecule has 0 saturated carbocycles. The number of anilines is 1.